The van der Waals surface area contributed by atoms with Gasteiger partial charge in [0, 0.05) is 80.9 Å². The van der Waals surface area contributed by atoms with Crippen LogP contribution >= 0.6 is 0 Å². The van der Waals surface area contributed by atoms with Gasteiger partial charge in [-0.05, 0) is 104 Å². The number of dihydropyridines is 1. The molecule has 3 aromatic carbocycles. The average Bonchev–Trinajstić information content (AvgIpc) is 3.87. The van der Waals surface area contributed by atoms with Crippen molar-refractivity contribution in [2.24, 2.45) is 5.92 Å². The molecule has 0 radical (unpaired) electrons. The topological polar surface area (TPSA) is 135 Å². The van der Waals surface area contributed by atoms with Crippen LogP contribution in [0.15, 0.2) is 109 Å². The maximum atomic E-state index is 14.3. The van der Waals surface area contributed by atoms with Crippen molar-refractivity contribution in [1.82, 2.24) is 14.9 Å². The van der Waals surface area contributed by atoms with Crippen molar-refractivity contribution in [1.29, 1.82) is 0 Å². The molecule has 3 unspecified atom stereocenters. The van der Waals surface area contributed by atoms with Crippen molar-refractivity contribution >= 4 is 34.0 Å². The van der Waals surface area contributed by atoms with E-state index in [4.69, 9.17) is 14.2 Å². The first-order valence-electron chi connectivity index (χ1n) is 21.1. The van der Waals surface area contributed by atoms with Gasteiger partial charge in [0.1, 0.15) is 35.0 Å². The van der Waals surface area contributed by atoms with Gasteiger partial charge in [-0.1, -0.05) is 43.7 Å². The summed E-state index contributed by atoms with van der Waals surface area (Å²) in [6.07, 6.45) is 17.9. The summed E-state index contributed by atoms with van der Waals surface area (Å²) in [5, 5.41) is 15.6. The number of fused-ring (bicyclic) bond motifs is 3. The van der Waals surface area contributed by atoms with E-state index in [1.165, 1.54) is 29.7 Å². The highest BCUT2D eigenvalue weighted by molar-refractivity contribution is 5.95. The molecule has 314 valence electrons. The molecule has 2 aliphatic rings. The van der Waals surface area contributed by atoms with E-state index in [0.29, 0.717) is 49.1 Å². The summed E-state index contributed by atoms with van der Waals surface area (Å²) in [6, 6.07) is 17.9. The van der Waals surface area contributed by atoms with Crippen LogP contribution in [0.25, 0.3) is 10.8 Å². The lowest BCUT2D eigenvalue weighted by molar-refractivity contribution is -0.148. The Kier molecular flexibility index (Phi) is 13.4. The molecule has 11 heteroatoms. The van der Waals surface area contributed by atoms with Crippen LogP contribution in [0.1, 0.15) is 88.4 Å². The highest BCUT2D eigenvalue weighted by Crippen LogP contribution is 2.39. The van der Waals surface area contributed by atoms with Gasteiger partial charge in [-0.25, -0.2) is 0 Å². The predicted molar refractivity (Wildman–Crippen MR) is 234 cm³/mol. The smallest absolute Gasteiger partial charge is 0.302 e. The van der Waals surface area contributed by atoms with Gasteiger partial charge in [0.05, 0.1) is 18.8 Å². The van der Waals surface area contributed by atoms with Crippen LogP contribution in [-0.4, -0.2) is 58.5 Å². The highest BCUT2D eigenvalue weighted by Gasteiger charge is 2.27. The molecule has 0 saturated heterocycles. The molecule has 0 aliphatic carbocycles. The fourth-order valence-corrected chi connectivity index (χ4v) is 8.49. The molecule has 3 atom stereocenters. The molecule has 0 spiro atoms. The van der Waals surface area contributed by atoms with Gasteiger partial charge in [-0.2, -0.15) is 0 Å². The third-order valence-corrected chi connectivity index (χ3v) is 11.7. The number of nitrogens with one attached hydrogen (secondary N) is 2. The molecule has 0 amide bonds. The van der Waals surface area contributed by atoms with Crippen LogP contribution in [0.2, 0.25) is 0 Å². The molecule has 7 rings (SSSR count). The summed E-state index contributed by atoms with van der Waals surface area (Å²) in [5.41, 5.74) is 5.59. The van der Waals surface area contributed by atoms with E-state index < -0.39 is 18.1 Å². The number of hydrogen-bond acceptors (Lipinski definition) is 9. The third kappa shape index (κ3) is 10.3. The minimum Gasteiger partial charge on any atom is -0.508 e. The number of phenols is 1. The fraction of sp³-hybridized carbons (Fsp3) is 0.367. The number of ether oxygens (including phenoxy) is 3. The Hall–Kier alpha value is -6.23. The number of aryl methyl sites for hydroxylation is 1. The monoisotopic (exact) mass is 812 g/mol. The van der Waals surface area contributed by atoms with Crippen LogP contribution in [0.4, 0.5) is 5.69 Å². The van der Waals surface area contributed by atoms with E-state index in [-0.39, 0.29) is 30.2 Å². The Balaban J connectivity index is 1.32. The number of methoxy groups -OCH3 is 1. The molecule has 60 heavy (non-hydrogen) atoms. The second-order valence-electron chi connectivity index (χ2n) is 16.0. The Morgan fingerprint density at radius 1 is 0.917 bits per heavy atom. The number of Topliss-reactive ketones (excluding diaryl/α,β-unsaturated/α-hetero) is 2. The minimum atomic E-state index is -0.548. The molecule has 3 N–H and O–H groups in total. The Morgan fingerprint density at radius 2 is 1.75 bits per heavy atom. The molecular formula is C49H56N4O7. The summed E-state index contributed by atoms with van der Waals surface area (Å²) in [5.74, 6) is 2.42. The summed E-state index contributed by atoms with van der Waals surface area (Å²) in [7, 11) is 1.57. The first-order chi connectivity index (χ1) is 29.1. The number of ketones is 2. The first kappa shape index (κ1) is 41.9. The van der Waals surface area contributed by atoms with Gasteiger partial charge < -0.3 is 39.1 Å². The van der Waals surface area contributed by atoms with Gasteiger partial charge >= 0.3 is 5.97 Å². The van der Waals surface area contributed by atoms with Crippen LogP contribution in [0.3, 0.4) is 0 Å². The van der Waals surface area contributed by atoms with Crippen molar-refractivity contribution < 1.29 is 33.7 Å². The molecule has 0 fully saturated rings. The van der Waals surface area contributed by atoms with Gasteiger partial charge in [-0.15, -0.1) is 0 Å². The summed E-state index contributed by atoms with van der Waals surface area (Å²) >= 11 is 0. The lowest BCUT2D eigenvalue weighted by atomic mass is 9.89. The van der Waals surface area contributed by atoms with Crippen LogP contribution in [-0.2, 0) is 32.0 Å². The molecule has 2 aliphatic heterocycles. The van der Waals surface area contributed by atoms with Crippen molar-refractivity contribution in [3.8, 4) is 23.0 Å². The molecule has 2 aromatic heterocycles. The van der Waals surface area contributed by atoms with E-state index >= 15 is 0 Å². The Morgan fingerprint density at radius 3 is 2.53 bits per heavy atom. The van der Waals surface area contributed by atoms with E-state index in [0.717, 1.165) is 59.9 Å². The maximum absolute atomic E-state index is 14.3. The summed E-state index contributed by atoms with van der Waals surface area (Å²) in [6.45, 7) is 6.39. The second kappa shape index (κ2) is 19.2. The number of rotatable bonds is 9. The van der Waals surface area contributed by atoms with Crippen LogP contribution in [0.5, 0.6) is 23.0 Å². The zero-order chi connectivity index (χ0) is 42.2. The number of hydrogen-bond donors (Lipinski definition) is 3. The summed E-state index contributed by atoms with van der Waals surface area (Å²) in [4.78, 5) is 44.8. The number of benzene rings is 3. The molecule has 4 bridgehead atoms. The Labute approximate surface area is 352 Å². The normalized spacial score (nSPS) is 19.0. The van der Waals surface area contributed by atoms with Crippen molar-refractivity contribution in [3.63, 3.8) is 0 Å². The standard InChI is InChI=1S/C49H56N4O7/c1-5-34-13-16-43(59-33(3)55)26-41(57)27-46(36-15-17-47(48(24-36)58-4)60-42-10-7-9-40(56)25-42)52-30-38-8-6-11-45(44(38)31-52)53(21-19-32(2)54)49-23-35(18-20-51-49)12-14-37-28-50-29-39(37)22-34/h6-11,15,17-18,23-25,28-31,34,43,46,50-51,56H,5,12-14,16,19-22,26-27H2,1-4H3. The number of H-pyrrole nitrogens is 1. The average molecular weight is 813 g/mol. The molecular weight excluding hydrogens is 757 g/mol. The van der Waals surface area contributed by atoms with Gasteiger partial charge in [0.2, 0.25) is 0 Å². The van der Waals surface area contributed by atoms with Crippen molar-refractivity contribution in [2.75, 3.05) is 25.1 Å². The van der Waals surface area contributed by atoms with Crippen molar-refractivity contribution in [2.45, 2.75) is 90.7 Å². The second-order valence-corrected chi connectivity index (χ2v) is 16.0. The molecule has 5 aromatic rings. The lowest BCUT2D eigenvalue weighted by Gasteiger charge is -2.30. The predicted octanol–water partition coefficient (Wildman–Crippen LogP) is 9.50. The van der Waals surface area contributed by atoms with Crippen molar-refractivity contribution in [3.05, 3.63) is 126 Å². The number of allylic oxidation sites excluding steroid dienone is 2. The van der Waals surface area contributed by atoms with E-state index in [1.54, 1.807) is 32.2 Å². The third-order valence-electron chi connectivity index (χ3n) is 11.7. The first-order valence-corrected chi connectivity index (χ1v) is 21.1. The number of anilines is 1. The van der Waals surface area contributed by atoms with Gasteiger partial charge in [0.25, 0.3) is 0 Å². The van der Waals surface area contributed by atoms with Gasteiger partial charge in [-0.3, -0.25) is 14.4 Å². The van der Waals surface area contributed by atoms with E-state index in [9.17, 15) is 19.5 Å². The number of aromatic hydroxyl groups is 1. The fourth-order valence-electron chi connectivity index (χ4n) is 8.49. The number of aromatic amines is 1. The lowest BCUT2D eigenvalue weighted by Crippen LogP contribution is -2.35. The van der Waals surface area contributed by atoms with E-state index in [1.807, 2.05) is 24.3 Å². The SMILES string of the molecule is CCC1CCC(OC(C)=O)CC(=O)CC(c2ccc(Oc3cccc(O)c3)c(OC)c2)n2cc3cccc(c3c2)N(CCC(C)=O)C2=CC(=CCN2)CCc2c[nH]cc2C1. The molecule has 11 nitrogen and oxygen atoms in total. The quantitative estimate of drug-likeness (QED) is 0.124. The Bertz CT molecular complexity index is 2390. The zero-order valence-electron chi connectivity index (χ0n) is 35.0. The molecule has 0 saturated carbocycles. The number of phenolic OH excluding ortho intramolecular Hbond substituents is 1. The highest BCUT2D eigenvalue weighted by atomic mass is 16.5. The van der Waals surface area contributed by atoms with Crippen LogP contribution < -0.4 is 19.7 Å². The minimum absolute atomic E-state index is 0.0332. The number of carbonyl (C=O) groups excluding carboxylic acids is 3. The largest absolute Gasteiger partial charge is 0.508 e. The number of nitrogens with zero attached hydrogens (tertiary/aromatic N) is 2. The van der Waals surface area contributed by atoms with Crippen LogP contribution in [0, 0.1) is 5.92 Å². The number of aromatic nitrogens is 2. The van der Waals surface area contributed by atoms with E-state index in [2.05, 4.69) is 75.8 Å². The summed E-state index contributed by atoms with van der Waals surface area (Å²) < 4.78 is 19.9. The van der Waals surface area contributed by atoms with Gasteiger partial charge in [0.15, 0.2) is 11.5 Å². The maximum Gasteiger partial charge on any atom is 0.302 e. The number of carbonyl (C=O) groups is 3. The molecule has 4 heterocycles. The zero-order valence-corrected chi connectivity index (χ0v) is 35.0. The number of esters is 1.